The smallest absolute Gasteiger partial charge is 0.105 e. The number of hydrogen-bond acceptors (Lipinski definition) is 3. The van der Waals surface area contributed by atoms with Crippen molar-refractivity contribution in [2.75, 3.05) is 26.3 Å². The maximum absolute atomic E-state index is 6.11. The molecule has 3 nitrogen and oxygen atoms in total. The SMILES string of the molecule is CCCNCC(OC1COC1)c1ccccc1C. The summed E-state index contributed by atoms with van der Waals surface area (Å²) in [5.41, 5.74) is 2.58. The van der Waals surface area contributed by atoms with Gasteiger partial charge in [0.2, 0.25) is 0 Å². The van der Waals surface area contributed by atoms with Crippen molar-refractivity contribution in [2.45, 2.75) is 32.5 Å². The Morgan fingerprint density at radius 1 is 1.39 bits per heavy atom. The molecule has 1 N–H and O–H groups in total. The number of rotatable bonds is 7. The summed E-state index contributed by atoms with van der Waals surface area (Å²) in [6, 6.07) is 8.45. The topological polar surface area (TPSA) is 30.5 Å². The molecule has 0 bridgehead atoms. The summed E-state index contributed by atoms with van der Waals surface area (Å²) < 4.78 is 11.3. The van der Waals surface area contributed by atoms with Crippen molar-refractivity contribution in [1.29, 1.82) is 0 Å². The summed E-state index contributed by atoms with van der Waals surface area (Å²) in [7, 11) is 0. The summed E-state index contributed by atoms with van der Waals surface area (Å²) in [5.74, 6) is 0. The number of nitrogens with one attached hydrogen (secondary N) is 1. The first kappa shape index (κ1) is 13.5. The minimum atomic E-state index is 0.131. The van der Waals surface area contributed by atoms with Crippen molar-refractivity contribution in [2.24, 2.45) is 0 Å². The first-order valence-electron chi connectivity index (χ1n) is 6.80. The molecular formula is C15H23NO2. The van der Waals surface area contributed by atoms with Crippen molar-refractivity contribution in [3.63, 3.8) is 0 Å². The Morgan fingerprint density at radius 2 is 2.17 bits per heavy atom. The highest BCUT2D eigenvalue weighted by Gasteiger charge is 2.24. The summed E-state index contributed by atoms with van der Waals surface area (Å²) in [5, 5.41) is 3.45. The quantitative estimate of drug-likeness (QED) is 0.753. The molecule has 0 aliphatic carbocycles. The fourth-order valence-electron chi connectivity index (χ4n) is 2.11. The zero-order valence-corrected chi connectivity index (χ0v) is 11.3. The first-order chi connectivity index (χ1) is 8.81. The van der Waals surface area contributed by atoms with Gasteiger partial charge in [-0.15, -0.1) is 0 Å². The number of hydrogen-bond donors (Lipinski definition) is 1. The number of aryl methyl sites for hydroxylation is 1. The van der Waals surface area contributed by atoms with Crippen molar-refractivity contribution < 1.29 is 9.47 Å². The normalized spacial score (nSPS) is 17.4. The summed E-state index contributed by atoms with van der Waals surface area (Å²) in [4.78, 5) is 0. The standard InChI is InChI=1S/C15H23NO2/c1-3-8-16-9-15(18-13-10-17-11-13)14-7-5-4-6-12(14)2/h4-7,13,15-16H,3,8-11H2,1-2H3. The molecule has 1 atom stereocenters. The molecule has 1 aliphatic heterocycles. The monoisotopic (exact) mass is 249 g/mol. The molecule has 1 aliphatic rings. The molecule has 1 aromatic carbocycles. The molecule has 18 heavy (non-hydrogen) atoms. The van der Waals surface area contributed by atoms with Crippen LogP contribution in [0.5, 0.6) is 0 Å². The molecule has 100 valence electrons. The lowest BCUT2D eigenvalue weighted by molar-refractivity contribution is -0.155. The molecule has 1 aromatic rings. The Labute approximate surface area is 109 Å². The van der Waals surface area contributed by atoms with Crippen LogP contribution in [0.1, 0.15) is 30.6 Å². The Morgan fingerprint density at radius 3 is 2.78 bits per heavy atom. The van der Waals surface area contributed by atoms with E-state index in [-0.39, 0.29) is 12.2 Å². The molecule has 1 fully saturated rings. The van der Waals surface area contributed by atoms with E-state index < -0.39 is 0 Å². The molecule has 3 heteroatoms. The second-order valence-corrected chi connectivity index (χ2v) is 4.84. The van der Waals surface area contributed by atoms with Crippen LogP contribution in [0.3, 0.4) is 0 Å². The van der Waals surface area contributed by atoms with E-state index in [1.807, 2.05) is 0 Å². The molecule has 0 amide bonds. The Balaban J connectivity index is 2.00. The van der Waals surface area contributed by atoms with Crippen LogP contribution in [-0.4, -0.2) is 32.4 Å². The highest BCUT2D eigenvalue weighted by Crippen LogP contribution is 2.24. The largest absolute Gasteiger partial charge is 0.376 e. The van der Waals surface area contributed by atoms with Gasteiger partial charge in [0.25, 0.3) is 0 Å². The van der Waals surface area contributed by atoms with E-state index in [0.717, 1.165) is 32.7 Å². The average Bonchev–Trinajstić information content (AvgIpc) is 2.32. The van der Waals surface area contributed by atoms with Crippen LogP contribution in [0, 0.1) is 6.92 Å². The van der Waals surface area contributed by atoms with Gasteiger partial charge < -0.3 is 14.8 Å². The summed E-state index contributed by atoms with van der Waals surface area (Å²) in [6.07, 6.45) is 1.54. The predicted octanol–water partition coefficient (Wildman–Crippen LogP) is 2.45. The van der Waals surface area contributed by atoms with Crippen LogP contribution in [0.4, 0.5) is 0 Å². The highest BCUT2D eigenvalue weighted by molar-refractivity contribution is 5.28. The minimum Gasteiger partial charge on any atom is -0.376 e. The van der Waals surface area contributed by atoms with Crippen molar-refractivity contribution in [3.05, 3.63) is 35.4 Å². The number of benzene rings is 1. The zero-order chi connectivity index (χ0) is 12.8. The van der Waals surface area contributed by atoms with Crippen LogP contribution >= 0.6 is 0 Å². The molecule has 0 saturated carbocycles. The van der Waals surface area contributed by atoms with E-state index in [1.54, 1.807) is 0 Å². The van der Waals surface area contributed by atoms with Gasteiger partial charge in [0, 0.05) is 6.54 Å². The maximum atomic E-state index is 6.11. The van der Waals surface area contributed by atoms with E-state index in [2.05, 4.69) is 43.4 Å². The summed E-state index contributed by atoms with van der Waals surface area (Å²) in [6.45, 7) is 7.69. The van der Waals surface area contributed by atoms with Gasteiger partial charge in [0.1, 0.15) is 6.10 Å². The molecule has 0 spiro atoms. The molecule has 1 heterocycles. The average molecular weight is 249 g/mol. The zero-order valence-electron chi connectivity index (χ0n) is 11.3. The Kier molecular flexibility index (Phi) is 5.17. The minimum absolute atomic E-state index is 0.131. The van der Waals surface area contributed by atoms with E-state index >= 15 is 0 Å². The molecule has 0 aromatic heterocycles. The molecule has 1 unspecified atom stereocenters. The Bertz CT molecular complexity index is 363. The molecular weight excluding hydrogens is 226 g/mol. The molecule has 2 rings (SSSR count). The van der Waals surface area contributed by atoms with Gasteiger partial charge in [0.05, 0.1) is 19.3 Å². The van der Waals surface area contributed by atoms with Gasteiger partial charge in [-0.25, -0.2) is 0 Å². The third kappa shape index (κ3) is 3.55. The van der Waals surface area contributed by atoms with Crippen molar-refractivity contribution in [1.82, 2.24) is 5.32 Å². The second-order valence-electron chi connectivity index (χ2n) is 4.84. The third-order valence-electron chi connectivity index (χ3n) is 3.26. The maximum Gasteiger partial charge on any atom is 0.105 e. The lowest BCUT2D eigenvalue weighted by atomic mass is 10.0. The van der Waals surface area contributed by atoms with Gasteiger partial charge in [0.15, 0.2) is 0 Å². The van der Waals surface area contributed by atoms with Crippen LogP contribution in [0.25, 0.3) is 0 Å². The fourth-order valence-corrected chi connectivity index (χ4v) is 2.11. The van der Waals surface area contributed by atoms with E-state index in [9.17, 15) is 0 Å². The van der Waals surface area contributed by atoms with Gasteiger partial charge in [-0.05, 0) is 31.0 Å². The summed E-state index contributed by atoms with van der Waals surface area (Å²) >= 11 is 0. The van der Waals surface area contributed by atoms with E-state index in [4.69, 9.17) is 9.47 Å². The third-order valence-corrected chi connectivity index (χ3v) is 3.26. The van der Waals surface area contributed by atoms with Crippen LogP contribution in [0.2, 0.25) is 0 Å². The van der Waals surface area contributed by atoms with Crippen LogP contribution in [0.15, 0.2) is 24.3 Å². The van der Waals surface area contributed by atoms with Crippen LogP contribution < -0.4 is 5.32 Å². The second kappa shape index (κ2) is 6.88. The van der Waals surface area contributed by atoms with E-state index in [1.165, 1.54) is 11.1 Å². The lowest BCUT2D eigenvalue weighted by Gasteiger charge is -2.31. The highest BCUT2D eigenvalue weighted by atomic mass is 16.6. The molecule has 0 radical (unpaired) electrons. The van der Waals surface area contributed by atoms with E-state index in [0.29, 0.717) is 0 Å². The van der Waals surface area contributed by atoms with Gasteiger partial charge >= 0.3 is 0 Å². The molecule has 1 saturated heterocycles. The fraction of sp³-hybridized carbons (Fsp3) is 0.600. The van der Waals surface area contributed by atoms with Crippen molar-refractivity contribution >= 4 is 0 Å². The number of ether oxygens (including phenoxy) is 2. The van der Waals surface area contributed by atoms with Gasteiger partial charge in [-0.2, -0.15) is 0 Å². The first-order valence-corrected chi connectivity index (χ1v) is 6.80. The van der Waals surface area contributed by atoms with Crippen LogP contribution in [-0.2, 0) is 9.47 Å². The Hall–Kier alpha value is -0.900. The van der Waals surface area contributed by atoms with Gasteiger partial charge in [-0.3, -0.25) is 0 Å². The van der Waals surface area contributed by atoms with Gasteiger partial charge in [-0.1, -0.05) is 31.2 Å². The van der Waals surface area contributed by atoms with Crippen molar-refractivity contribution in [3.8, 4) is 0 Å². The lowest BCUT2D eigenvalue weighted by Crippen LogP contribution is -2.39. The predicted molar refractivity (Wildman–Crippen MR) is 72.8 cm³/mol.